The molecule has 1 aromatic heterocycles. The fraction of sp³-hybridized carbons (Fsp3) is 0.560. The van der Waals surface area contributed by atoms with E-state index in [-0.39, 0.29) is 11.8 Å². The lowest BCUT2D eigenvalue weighted by Crippen LogP contribution is -2.41. The highest BCUT2D eigenvalue weighted by atomic mass is 32.1. The van der Waals surface area contributed by atoms with Gasteiger partial charge in [0, 0.05) is 44.6 Å². The van der Waals surface area contributed by atoms with Crippen molar-refractivity contribution in [2.75, 3.05) is 33.3 Å². The topological polar surface area (TPSA) is 32.8 Å². The van der Waals surface area contributed by atoms with Gasteiger partial charge in [0.15, 0.2) is 0 Å². The van der Waals surface area contributed by atoms with Crippen molar-refractivity contribution in [2.24, 2.45) is 17.8 Å². The molecule has 30 heavy (non-hydrogen) atoms. The number of carbonyl (C=O) groups excluding carboxylic acids is 1. The summed E-state index contributed by atoms with van der Waals surface area (Å²) in [5, 5.41) is 4.38. The van der Waals surface area contributed by atoms with Crippen LogP contribution in [-0.4, -0.2) is 49.0 Å². The van der Waals surface area contributed by atoms with Gasteiger partial charge in [0.05, 0.1) is 7.11 Å². The molecule has 1 aliphatic heterocycles. The molecule has 0 saturated carbocycles. The lowest BCUT2D eigenvalue weighted by atomic mass is 9.88. The van der Waals surface area contributed by atoms with Gasteiger partial charge in [0.25, 0.3) is 0 Å². The second-order valence-electron chi connectivity index (χ2n) is 9.26. The average Bonchev–Trinajstić information content (AvgIpc) is 3.36. The van der Waals surface area contributed by atoms with Gasteiger partial charge in [-0.25, -0.2) is 0 Å². The predicted octanol–water partition coefficient (Wildman–Crippen LogP) is 5.11. The summed E-state index contributed by atoms with van der Waals surface area (Å²) in [6, 6.07) is 10.7. The van der Waals surface area contributed by atoms with E-state index in [0.717, 1.165) is 38.5 Å². The molecule has 1 saturated heterocycles. The Bertz CT molecular complexity index is 803. The van der Waals surface area contributed by atoms with Gasteiger partial charge < -0.3 is 9.64 Å². The standard InChI is InChI=1S/C25H36N2O2S/c1-18(2)12-27(25(28)19(3)4)15-22-14-26(13-20-9-10-30-17-20)16-24(22)21-7-6-8-23(11-21)29-5/h6-11,17-19,22,24H,12-16H2,1-5H3/t22-,24-/m0/s1. The zero-order valence-electron chi connectivity index (χ0n) is 19.0. The Morgan fingerprint density at radius 2 is 2.03 bits per heavy atom. The van der Waals surface area contributed by atoms with Gasteiger partial charge in [-0.2, -0.15) is 11.3 Å². The van der Waals surface area contributed by atoms with Crippen LogP contribution in [-0.2, 0) is 11.3 Å². The Morgan fingerprint density at radius 1 is 1.23 bits per heavy atom. The fourth-order valence-corrected chi connectivity index (χ4v) is 5.17. The molecule has 1 aromatic carbocycles. The van der Waals surface area contributed by atoms with E-state index in [9.17, 15) is 4.79 Å². The summed E-state index contributed by atoms with van der Waals surface area (Å²) < 4.78 is 5.49. The van der Waals surface area contributed by atoms with Crippen LogP contribution in [0.5, 0.6) is 5.75 Å². The molecule has 0 bridgehead atoms. The zero-order chi connectivity index (χ0) is 21.7. The van der Waals surface area contributed by atoms with Crippen molar-refractivity contribution in [3.05, 3.63) is 52.2 Å². The number of hydrogen-bond acceptors (Lipinski definition) is 4. The molecule has 2 aromatic rings. The molecule has 0 spiro atoms. The molecule has 5 heteroatoms. The van der Waals surface area contributed by atoms with Crippen molar-refractivity contribution in [3.8, 4) is 5.75 Å². The summed E-state index contributed by atoms with van der Waals surface area (Å²) in [4.78, 5) is 17.6. The Kier molecular flexibility index (Phi) is 7.95. The monoisotopic (exact) mass is 428 g/mol. The second kappa shape index (κ2) is 10.5. The van der Waals surface area contributed by atoms with Crippen LogP contribution < -0.4 is 4.74 Å². The van der Waals surface area contributed by atoms with Crippen molar-refractivity contribution in [1.82, 2.24) is 9.80 Å². The molecule has 0 aliphatic carbocycles. The van der Waals surface area contributed by atoms with Crippen molar-refractivity contribution >= 4 is 17.2 Å². The molecule has 2 atom stereocenters. The summed E-state index contributed by atoms with van der Waals surface area (Å²) in [6.07, 6.45) is 0. The molecule has 164 valence electrons. The molecule has 1 amide bonds. The highest BCUT2D eigenvalue weighted by Gasteiger charge is 2.36. The van der Waals surface area contributed by atoms with Crippen molar-refractivity contribution in [2.45, 2.75) is 40.2 Å². The molecule has 0 radical (unpaired) electrons. The lowest BCUT2D eigenvalue weighted by Gasteiger charge is -2.31. The minimum atomic E-state index is 0.0299. The Morgan fingerprint density at radius 3 is 2.67 bits per heavy atom. The van der Waals surface area contributed by atoms with E-state index in [1.807, 2.05) is 19.9 Å². The molecule has 3 rings (SSSR count). The van der Waals surface area contributed by atoms with E-state index in [4.69, 9.17) is 4.74 Å². The number of benzene rings is 1. The van der Waals surface area contributed by atoms with Crippen molar-refractivity contribution in [3.63, 3.8) is 0 Å². The smallest absolute Gasteiger partial charge is 0.225 e. The number of carbonyl (C=O) groups is 1. The van der Waals surface area contributed by atoms with Gasteiger partial charge in [-0.15, -0.1) is 0 Å². The molecular formula is C25H36N2O2S. The van der Waals surface area contributed by atoms with E-state index >= 15 is 0 Å². The summed E-state index contributed by atoms with van der Waals surface area (Å²) in [5.41, 5.74) is 2.69. The number of rotatable bonds is 9. The normalized spacial score (nSPS) is 19.6. The second-order valence-corrected chi connectivity index (χ2v) is 10.0. The van der Waals surface area contributed by atoms with Crippen LogP contribution in [0.25, 0.3) is 0 Å². The first-order valence-corrected chi connectivity index (χ1v) is 12.0. The lowest BCUT2D eigenvalue weighted by molar-refractivity contribution is -0.135. The maximum absolute atomic E-state index is 12.9. The molecule has 1 aliphatic rings. The third-order valence-electron chi connectivity index (χ3n) is 5.87. The van der Waals surface area contributed by atoms with Crippen LogP contribution in [0.1, 0.15) is 44.7 Å². The van der Waals surface area contributed by atoms with E-state index in [0.29, 0.717) is 17.8 Å². The van der Waals surface area contributed by atoms with E-state index < -0.39 is 0 Å². The van der Waals surface area contributed by atoms with Crippen LogP contribution in [0.3, 0.4) is 0 Å². The minimum Gasteiger partial charge on any atom is -0.497 e. The zero-order valence-corrected chi connectivity index (χ0v) is 19.8. The summed E-state index contributed by atoms with van der Waals surface area (Å²) in [5.74, 6) is 2.48. The minimum absolute atomic E-state index is 0.0299. The van der Waals surface area contributed by atoms with Gasteiger partial charge in [-0.3, -0.25) is 9.69 Å². The molecule has 2 heterocycles. The van der Waals surface area contributed by atoms with Crippen LogP contribution >= 0.6 is 11.3 Å². The quantitative estimate of drug-likeness (QED) is 0.556. The summed E-state index contributed by atoms with van der Waals surface area (Å²) in [7, 11) is 1.72. The highest BCUT2D eigenvalue weighted by molar-refractivity contribution is 7.07. The first kappa shape index (κ1) is 22.8. The van der Waals surface area contributed by atoms with E-state index in [1.54, 1.807) is 18.4 Å². The Hall–Kier alpha value is -1.85. The van der Waals surface area contributed by atoms with Crippen LogP contribution in [0.4, 0.5) is 0 Å². The summed E-state index contributed by atoms with van der Waals surface area (Å²) in [6.45, 7) is 13.0. The van der Waals surface area contributed by atoms with Crippen LogP contribution in [0.15, 0.2) is 41.1 Å². The molecule has 0 N–H and O–H groups in total. The Balaban J connectivity index is 1.83. The van der Waals surface area contributed by atoms with Gasteiger partial charge >= 0.3 is 0 Å². The highest BCUT2D eigenvalue weighted by Crippen LogP contribution is 2.36. The number of ether oxygens (including phenoxy) is 1. The number of hydrogen-bond donors (Lipinski definition) is 0. The van der Waals surface area contributed by atoms with Gasteiger partial charge in [-0.05, 0) is 51.9 Å². The van der Waals surface area contributed by atoms with E-state index in [1.165, 1.54) is 11.1 Å². The van der Waals surface area contributed by atoms with Crippen LogP contribution in [0, 0.1) is 17.8 Å². The number of methoxy groups -OCH3 is 1. The number of nitrogens with zero attached hydrogens (tertiary/aromatic N) is 2. The number of amides is 1. The number of thiophene rings is 1. The first-order chi connectivity index (χ1) is 14.4. The number of likely N-dealkylation sites (tertiary alicyclic amines) is 1. The Labute approximate surface area is 185 Å². The van der Waals surface area contributed by atoms with Crippen molar-refractivity contribution < 1.29 is 9.53 Å². The third kappa shape index (κ3) is 5.86. The van der Waals surface area contributed by atoms with Crippen molar-refractivity contribution in [1.29, 1.82) is 0 Å². The first-order valence-electron chi connectivity index (χ1n) is 11.0. The maximum Gasteiger partial charge on any atom is 0.225 e. The third-order valence-corrected chi connectivity index (χ3v) is 6.60. The van der Waals surface area contributed by atoms with Gasteiger partial charge in [0.1, 0.15) is 5.75 Å². The molecule has 0 unspecified atom stereocenters. The van der Waals surface area contributed by atoms with Crippen LogP contribution in [0.2, 0.25) is 0 Å². The van der Waals surface area contributed by atoms with Gasteiger partial charge in [0.2, 0.25) is 5.91 Å². The van der Waals surface area contributed by atoms with E-state index in [2.05, 4.69) is 58.7 Å². The largest absolute Gasteiger partial charge is 0.497 e. The predicted molar refractivity (Wildman–Crippen MR) is 125 cm³/mol. The SMILES string of the molecule is COc1cccc([C@@H]2CN(Cc3ccsc3)C[C@H]2CN(CC(C)C)C(=O)C(C)C)c1. The molecular weight excluding hydrogens is 392 g/mol. The maximum atomic E-state index is 12.9. The fourth-order valence-electron chi connectivity index (χ4n) is 4.51. The van der Waals surface area contributed by atoms with Gasteiger partial charge in [-0.1, -0.05) is 39.8 Å². The average molecular weight is 429 g/mol. The molecule has 4 nitrogen and oxygen atoms in total. The summed E-state index contributed by atoms with van der Waals surface area (Å²) >= 11 is 1.75. The molecule has 1 fully saturated rings.